The lowest BCUT2D eigenvalue weighted by atomic mass is 10.0. The summed E-state index contributed by atoms with van der Waals surface area (Å²) in [5.41, 5.74) is 1.56. The van der Waals surface area contributed by atoms with E-state index >= 15 is 0 Å². The van der Waals surface area contributed by atoms with Crippen molar-refractivity contribution in [2.75, 3.05) is 10.6 Å². The second-order valence-corrected chi connectivity index (χ2v) is 8.74. The Hall–Kier alpha value is -2.33. The van der Waals surface area contributed by atoms with Gasteiger partial charge >= 0.3 is 6.18 Å². The maximum absolute atomic E-state index is 13.8. The first-order valence-corrected chi connectivity index (χ1v) is 11.0. The van der Waals surface area contributed by atoms with Gasteiger partial charge in [0.1, 0.15) is 5.82 Å². The maximum atomic E-state index is 13.8. The van der Waals surface area contributed by atoms with Gasteiger partial charge in [-0.1, -0.05) is 25.1 Å². The van der Waals surface area contributed by atoms with Crippen LogP contribution in [0.25, 0.3) is 0 Å². The second kappa shape index (κ2) is 8.07. The standard InChI is InChI=1S/C20H18BrF3N4OS/c1-2-11-5-7-12(8-6-11)25-19(29)17-16(21)18-26-13(14-4-3-9-30-14)10-15(20(22,23)24)28(18)27-17/h3-9,13,15,26H,2,10H2,1H3,(H,25,29). The number of carbonyl (C=O) groups excluding carboxylic acids is 1. The van der Waals surface area contributed by atoms with Crippen LogP contribution in [-0.2, 0) is 6.42 Å². The third-order valence-electron chi connectivity index (χ3n) is 5.02. The summed E-state index contributed by atoms with van der Waals surface area (Å²) < 4.78 is 42.5. The van der Waals surface area contributed by atoms with E-state index in [0.29, 0.717) is 5.69 Å². The molecule has 0 bridgehead atoms. The molecule has 2 N–H and O–H groups in total. The number of anilines is 2. The largest absolute Gasteiger partial charge is 0.410 e. The Labute approximate surface area is 183 Å². The third-order valence-corrected chi connectivity index (χ3v) is 6.75. The summed E-state index contributed by atoms with van der Waals surface area (Å²) in [4.78, 5) is 13.5. The predicted molar refractivity (Wildman–Crippen MR) is 114 cm³/mol. The van der Waals surface area contributed by atoms with E-state index in [1.807, 2.05) is 24.4 Å². The van der Waals surface area contributed by atoms with E-state index in [2.05, 4.69) is 31.7 Å². The van der Waals surface area contributed by atoms with Crippen LogP contribution in [0.5, 0.6) is 0 Å². The van der Waals surface area contributed by atoms with Crippen LogP contribution >= 0.6 is 27.3 Å². The molecule has 0 aliphatic carbocycles. The van der Waals surface area contributed by atoms with Gasteiger partial charge in [-0.3, -0.25) is 4.79 Å². The molecule has 2 aromatic heterocycles. The first-order chi connectivity index (χ1) is 14.3. The number of fused-ring (bicyclic) bond motifs is 1. The number of aryl methyl sites for hydroxylation is 1. The fourth-order valence-corrected chi connectivity index (χ4v) is 4.77. The minimum atomic E-state index is -4.50. The highest BCUT2D eigenvalue weighted by Gasteiger charge is 2.48. The zero-order valence-electron chi connectivity index (χ0n) is 15.8. The SMILES string of the molecule is CCc1ccc(NC(=O)c2nn3c(c2Br)NC(c2cccs2)CC3C(F)(F)F)cc1. The molecule has 1 aliphatic heterocycles. The predicted octanol–water partition coefficient (Wildman–Crippen LogP) is 6.18. The van der Waals surface area contributed by atoms with E-state index in [1.165, 1.54) is 11.3 Å². The van der Waals surface area contributed by atoms with Gasteiger partial charge in [-0.05, 0) is 51.5 Å². The van der Waals surface area contributed by atoms with Crippen LogP contribution in [-0.4, -0.2) is 21.9 Å². The Bertz CT molecular complexity index is 1050. The highest BCUT2D eigenvalue weighted by atomic mass is 79.9. The van der Waals surface area contributed by atoms with Gasteiger partial charge in [0, 0.05) is 17.0 Å². The fraction of sp³-hybridized carbons (Fsp3) is 0.300. The fourth-order valence-electron chi connectivity index (χ4n) is 3.42. The minimum absolute atomic E-state index is 0.0989. The molecule has 3 aromatic rings. The lowest BCUT2D eigenvalue weighted by Crippen LogP contribution is -2.35. The Balaban J connectivity index is 1.66. The van der Waals surface area contributed by atoms with E-state index in [1.54, 1.807) is 24.3 Å². The zero-order valence-corrected chi connectivity index (χ0v) is 18.2. The second-order valence-electron chi connectivity index (χ2n) is 6.97. The van der Waals surface area contributed by atoms with Crippen LogP contribution in [0.4, 0.5) is 24.7 Å². The van der Waals surface area contributed by atoms with Gasteiger partial charge in [-0.2, -0.15) is 18.3 Å². The summed E-state index contributed by atoms with van der Waals surface area (Å²) in [7, 11) is 0. The molecule has 0 saturated carbocycles. The van der Waals surface area contributed by atoms with E-state index in [9.17, 15) is 18.0 Å². The molecule has 3 heterocycles. The average molecular weight is 499 g/mol. The molecule has 0 radical (unpaired) electrons. The number of carbonyl (C=O) groups is 1. The van der Waals surface area contributed by atoms with Crippen molar-refractivity contribution in [2.45, 2.75) is 38.0 Å². The minimum Gasteiger partial charge on any atom is -0.362 e. The van der Waals surface area contributed by atoms with Crippen molar-refractivity contribution < 1.29 is 18.0 Å². The van der Waals surface area contributed by atoms with Crippen molar-refractivity contribution in [1.82, 2.24) is 9.78 Å². The molecular formula is C20H18BrF3N4OS. The first kappa shape index (κ1) is 20.9. The lowest BCUT2D eigenvalue weighted by Gasteiger charge is -2.33. The van der Waals surface area contributed by atoms with Crippen molar-refractivity contribution in [3.05, 3.63) is 62.4 Å². The molecule has 0 saturated heterocycles. The van der Waals surface area contributed by atoms with Gasteiger partial charge in [-0.25, -0.2) is 4.68 Å². The third kappa shape index (κ3) is 3.98. The van der Waals surface area contributed by atoms with Gasteiger partial charge < -0.3 is 10.6 Å². The zero-order chi connectivity index (χ0) is 21.5. The monoisotopic (exact) mass is 498 g/mol. The van der Waals surface area contributed by atoms with E-state index in [0.717, 1.165) is 21.5 Å². The number of halogens is 4. The number of nitrogens with one attached hydrogen (secondary N) is 2. The van der Waals surface area contributed by atoms with Crippen LogP contribution in [0.15, 0.2) is 46.3 Å². The van der Waals surface area contributed by atoms with Crippen molar-refractivity contribution in [1.29, 1.82) is 0 Å². The van der Waals surface area contributed by atoms with Crippen molar-refractivity contribution in [2.24, 2.45) is 0 Å². The van der Waals surface area contributed by atoms with Gasteiger partial charge in [0.25, 0.3) is 5.91 Å². The van der Waals surface area contributed by atoms with E-state index < -0.39 is 24.2 Å². The number of thiophene rings is 1. The molecule has 2 unspecified atom stereocenters. The van der Waals surface area contributed by atoms with Gasteiger partial charge in [0.2, 0.25) is 0 Å². The molecule has 4 rings (SSSR count). The van der Waals surface area contributed by atoms with Crippen LogP contribution in [0.3, 0.4) is 0 Å². The van der Waals surface area contributed by atoms with Crippen LogP contribution in [0.1, 0.15) is 46.4 Å². The van der Waals surface area contributed by atoms with Crippen molar-refractivity contribution >= 4 is 44.7 Å². The summed E-state index contributed by atoms with van der Waals surface area (Å²) >= 11 is 4.67. The molecule has 10 heteroatoms. The number of hydrogen-bond acceptors (Lipinski definition) is 4. The van der Waals surface area contributed by atoms with Crippen molar-refractivity contribution in [3.63, 3.8) is 0 Å². The van der Waals surface area contributed by atoms with Crippen LogP contribution < -0.4 is 10.6 Å². The molecule has 30 heavy (non-hydrogen) atoms. The highest BCUT2D eigenvalue weighted by Crippen LogP contribution is 2.46. The Morgan fingerprint density at radius 1 is 1.33 bits per heavy atom. The molecule has 2 atom stereocenters. The average Bonchev–Trinajstić information content (AvgIpc) is 3.36. The molecule has 1 aliphatic rings. The molecule has 0 spiro atoms. The maximum Gasteiger partial charge on any atom is 0.410 e. The normalized spacial score (nSPS) is 18.6. The Morgan fingerprint density at radius 2 is 2.07 bits per heavy atom. The van der Waals surface area contributed by atoms with Crippen LogP contribution in [0.2, 0.25) is 0 Å². The molecule has 5 nitrogen and oxygen atoms in total. The number of nitrogens with zero attached hydrogens (tertiary/aromatic N) is 2. The summed E-state index contributed by atoms with van der Waals surface area (Å²) in [6.45, 7) is 2.02. The Kier molecular flexibility index (Phi) is 5.63. The number of hydrogen-bond donors (Lipinski definition) is 2. The first-order valence-electron chi connectivity index (χ1n) is 9.33. The molecular weight excluding hydrogens is 481 g/mol. The van der Waals surface area contributed by atoms with Crippen molar-refractivity contribution in [3.8, 4) is 0 Å². The lowest BCUT2D eigenvalue weighted by molar-refractivity contribution is -0.173. The summed E-state index contributed by atoms with van der Waals surface area (Å²) in [5.74, 6) is -0.433. The number of rotatable bonds is 4. The van der Waals surface area contributed by atoms with Crippen LogP contribution in [0, 0.1) is 0 Å². The Morgan fingerprint density at radius 3 is 2.67 bits per heavy atom. The molecule has 1 aromatic carbocycles. The summed E-state index contributed by atoms with van der Waals surface area (Å²) in [5, 5.41) is 11.7. The summed E-state index contributed by atoms with van der Waals surface area (Å²) in [6, 6.07) is 8.52. The molecule has 0 fully saturated rings. The number of amides is 1. The van der Waals surface area contributed by atoms with E-state index in [-0.39, 0.29) is 22.4 Å². The topological polar surface area (TPSA) is 59.0 Å². The highest BCUT2D eigenvalue weighted by molar-refractivity contribution is 9.10. The van der Waals surface area contributed by atoms with Gasteiger partial charge in [0.15, 0.2) is 11.7 Å². The number of aromatic nitrogens is 2. The van der Waals surface area contributed by atoms with Gasteiger partial charge in [-0.15, -0.1) is 11.3 Å². The molecule has 158 valence electrons. The molecule has 1 amide bonds. The quantitative estimate of drug-likeness (QED) is 0.451. The number of alkyl halides is 3. The van der Waals surface area contributed by atoms with Gasteiger partial charge in [0.05, 0.1) is 10.5 Å². The van der Waals surface area contributed by atoms with E-state index in [4.69, 9.17) is 0 Å². The number of benzene rings is 1. The summed E-state index contributed by atoms with van der Waals surface area (Å²) in [6.07, 6.45) is -3.84. The smallest absolute Gasteiger partial charge is 0.362 e.